The fourth-order valence-electron chi connectivity index (χ4n) is 2.18. The molecule has 3 rings (SSSR count). The minimum atomic E-state index is -0.616. The van der Waals surface area contributed by atoms with Crippen molar-refractivity contribution in [2.45, 2.75) is 6.10 Å². The van der Waals surface area contributed by atoms with Crippen LogP contribution < -0.4 is 14.8 Å². The molecule has 1 amide bonds. The van der Waals surface area contributed by atoms with Crippen LogP contribution in [-0.4, -0.2) is 42.7 Å². The lowest BCUT2D eigenvalue weighted by Crippen LogP contribution is -2.42. The molecular formula is C17H15BrN2O5. The van der Waals surface area contributed by atoms with Crippen molar-refractivity contribution in [3.8, 4) is 11.5 Å². The molecule has 8 heteroatoms. The van der Waals surface area contributed by atoms with Crippen LogP contribution in [0.1, 0.15) is 10.4 Å². The van der Waals surface area contributed by atoms with Crippen LogP contribution in [0.2, 0.25) is 0 Å². The Morgan fingerprint density at radius 3 is 2.88 bits per heavy atom. The van der Waals surface area contributed by atoms with Crippen molar-refractivity contribution in [1.82, 2.24) is 10.3 Å². The van der Waals surface area contributed by atoms with Gasteiger partial charge in [-0.15, -0.1) is 0 Å². The van der Waals surface area contributed by atoms with Crippen LogP contribution in [0.4, 0.5) is 0 Å². The van der Waals surface area contributed by atoms with E-state index in [4.69, 9.17) is 14.2 Å². The van der Waals surface area contributed by atoms with Crippen LogP contribution in [0.25, 0.3) is 0 Å². The highest BCUT2D eigenvalue weighted by Crippen LogP contribution is 2.30. The van der Waals surface area contributed by atoms with Crippen LogP contribution in [0.15, 0.2) is 47.2 Å². The molecule has 0 aliphatic carbocycles. The number of nitrogens with zero attached hydrogens (tertiary/aromatic N) is 1. The van der Waals surface area contributed by atoms with Gasteiger partial charge in [0, 0.05) is 16.9 Å². The van der Waals surface area contributed by atoms with E-state index in [9.17, 15) is 9.59 Å². The number of hydrogen-bond acceptors (Lipinski definition) is 6. The number of halogens is 1. The maximum absolute atomic E-state index is 11.8. The van der Waals surface area contributed by atoms with Crippen LogP contribution >= 0.6 is 15.9 Å². The summed E-state index contributed by atoms with van der Waals surface area (Å²) in [5, 5.41) is 2.66. The Hall–Kier alpha value is -2.61. The number of rotatable bonds is 5. The lowest BCUT2D eigenvalue weighted by Gasteiger charge is -2.26. The molecule has 0 fully saturated rings. The molecule has 1 aromatic heterocycles. The molecule has 1 aromatic carbocycles. The van der Waals surface area contributed by atoms with Crippen molar-refractivity contribution in [3.05, 3.63) is 52.8 Å². The van der Waals surface area contributed by atoms with Crippen molar-refractivity contribution in [3.63, 3.8) is 0 Å². The van der Waals surface area contributed by atoms with Crippen LogP contribution in [-0.2, 0) is 9.53 Å². The molecule has 0 bridgehead atoms. The topological polar surface area (TPSA) is 86.8 Å². The van der Waals surface area contributed by atoms with Gasteiger partial charge in [-0.1, -0.05) is 12.1 Å². The highest BCUT2D eigenvalue weighted by Gasteiger charge is 2.21. The first-order valence-electron chi connectivity index (χ1n) is 7.54. The van der Waals surface area contributed by atoms with Gasteiger partial charge < -0.3 is 19.5 Å². The summed E-state index contributed by atoms with van der Waals surface area (Å²) in [6.07, 6.45) is 2.62. The molecule has 2 aromatic rings. The third-order valence-corrected chi connectivity index (χ3v) is 3.80. The number of fused-ring (bicyclic) bond motifs is 1. The Labute approximate surface area is 152 Å². The summed E-state index contributed by atoms with van der Waals surface area (Å²) in [6.45, 7) is 0.208. The first-order valence-corrected chi connectivity index (χ1v) is 8.34. The summed E-state index contributed by atoms with van der Waals surface area (Å²) >= 11 is 3.22. The van der Waals surface area contributed by atoms with E-state index in [-0.39, 0.29) is 24.8 Å². The molecule has 0 unspecified atom stereocenters. The second kappa shape index (κ2) is 7.98. The van der Waals surface area contributed by atoms with Crippen LogP contribution in [0.3, 0.4) is 0 Å². The number of para-hydroxylation sites is 2. The number of ether oxygens (including phenoxy) is 3. The molecule has 1 aliphatic rings. The zero-order chi connectivity index (χ0) is 17.6. The molecule has 7 nitrogen and oxygen atoms in total. The molecule has 0 saturated carbocycles. The lowest BCUT2D eigenvalue weighted by atomic mass is 10.2. The standard InChI is InChI=1S/C17H15BrN2O5/c18-12-5-11(6-19-7-12)17(22)24-10-16(21)20-8-13-9-23-14-3-1-2-4-15(14)25-13/h1-7,13H,8-10H2,(H,20,21)/t13-/m1/s1. The van der Waals surface area contributed by atoms with Gasteiger partial charge in [-0.2, -0.15) is 0 Å². The SMILES string of the molecule is O=C(COC(=O)c1cncc(Br)c1)NC[C@@H]1COc2ccccc2O1. The van der Waals surface area contributed by atoms with E-state index in [1.165, 1.54) is 6.20 Å². The van der Waals surface area contributed by atoms with Gasteiger partial charge >= 0.3 is 5.97 Å². The fourth-order valence-corrected chi connectivity index (χ4v) is 2.55. The van der Waals surface area contributed by atoms with Crippen molar-refractivity contribution in [2.24, 2.45) is 0 Å². The minimum Gasteiger partial charge on any atom is -0.486 e. The Morgan fingerprint density at radius 1 is 1.28 bits per heavy atom. The average Bonchev–Trinajstić information content (AvgIpc) is 2.64. The average molecular weight is 407 g/mol. The maximum Gasteiger partial charge on any atom is 0.340 e. The summed E-state index contributed by atoms with van der Waals surface area (Å²) in [5.41, 5.74) is 0.266. The molecule has 2 heterocycles. The number of carbonyl (C=O) groups is 2. The van der Waals surface area contributed by atoms with Gasteiger partial charge in [0.2, 0.25) is 0 Å². The molecule has 0 saturated heterocycles. The molecule has 1 N–H and O–H groups in total. The molecule has 0 radical (unpaired) electrons. The van der Waals surface area contributed by atoms with Gasteiger partial charge in [-0.3, -0.25) is 9.78 Å². The molecule has 1 aliphatic heterocycles. The van der Waals surface area contributed by atoms with Crippen molar-refractivity contribution in [2.75, 3.05) is 19.8 Å². The summed E-state index contributed by atoms with van der Waals surface area (Å²) < 4.78 is 16.9. The third kappa shape index (κ3) is 4.69. The second-order valence-electron chi connectivity index (χ2n) is 5.27. The number of esters is 1. The second-order valence-corrected chi connectivity index (χ2v) is 6.19. The van der Waals surface area contributed by atoms with E-state index in [0.29, 0.717) is 22.6 Å². The third-order valence-electron chi connectivity index (χ3n) is 3.37. The van der Waals surface area contributed by atoms with E-state index >= 15 is 0 Å². The molecular weight excluding hydrogens is 392 g/mol. The minimum absolute atomic E-state index is 0.253. The first-order chi connectivity index (χ1) is 12.1. The normalized spacial score (nSPS) is 15.3. The van der Waals surface area contributed by atoms with E-state index in [1.54, 1.807) is 18.3 Å². The van der Waals surface area contributed by atoms with Gasteiger partial charge in [0.1, 0.15) is 12.7 Å². The Balaban J connectivity index is 1.42. The number of pyridine rings is 1. The molecule has 0 spiro atoms. The Bertz CT molecular complexity index is 783. The van der Waals surface area contributed by atoms with Crippen molar-refractivity contribution in [1.29, 1.82) is 0 Å². The summed E-state index contributed by atoms with van der Waals surface area (Å²) in [6, 6.07) is 8.90. The maximum atomic E-state index is 11.8. The fraction of sp³-hybridized carbons (Fsp3) is 0.235. The Kier molecular flexibility index (Phi) is 5.49. The summed E-state index contributed by atoms with van der Waals surface area (Å²) in [5.74, 6) is 0.289. The van der Waals surface area contributed by atoms with Gasteiger partial charge in [0.25, 0.3) is 5.91 Å². The Morgan fingerprint density at radius 2 is 2.08 bits per heavy atom. The quantitative estimate of drug-likeness (QED) is 0.763. The van der Waals surface area contributed by atoms with Crippen LogP contribution in [0.5, 0.6) is 11.5 Å². The smallest absolute Gasteiger partial charge is 0.340 e. The lowest BCUT2D eigenvalue weighted by molar-refractivity contribution is -0.124. The number of benzene rings is 1. The van der Waals surface area contributed by atoms with E-state index in [1.807, 2.05) is 18.2 Å². The molecule has 130 valence electrons. The van der Waals surface area contributed by atoms with Crippen molar-refractivity contribution >= 4 is 27.8 Å². The molecule has 25 heavy (non-hydrogen) atoms. The first kappa shape index (κ1) is 17.2. The summed E-state index contributed by atoms with van der Waals surface area (Å²) in [4.78, 5) is 27.5. The highest BCUT2D eigenvalue weighted by atomic mass is 79.9. The zero-order valence-electron chi connectivity index (χ0n) is 13.1. The number of carbonyl (C=O) groups excluding carboxylic acids is 2. The molecule has 1 atom stereocenters. The monoisotopic (exact) mass is 406 g/mol. The number of aromatic nitrogens is 1. The van der Waals surface area contributed by atoms with E-state index in [0.717, 1.165) is 0 Å². The van der Waals surface area contributed by atoms with Gasteiger partial charge in [-0.25, -0.2) is 4.79 Å². The van der Waals surface area contributed by atoms with Gasteiger partial charge in [0.15, 0.2) is 18.1 Å². The predicted octanol–water partition coefficient (Wildman–Crippen LogP) is 1.96. The number of hydrogen-bond donors (Lipinski definition) is 1. The summed E-state index contributed by atoms with van der Waals surface area (Å²) in [7, 11) is 0. The number of amides is 1. The number of nitrogens with one attached hydrogen (secondary N) is 1. The van der Waals surface area contributed by atoms with Gasteiger partial charge in [0.05, 0.1) is 12.1 Å². The largest absolute Gasteiger partial charge is 0.486 e. The zero-order valence-corrected chi connectivity index (χ0v) is 14.7. The van der Waals surface area contributed by atoms with Crippen LogP contribution in [0, 0.1) is 0 Å². The van der Waals surface area contributed by atoms with E-state index < -0.39 is 11.9 Å². The van der Waals surface area contributed by atoms with Gasteiger partial charge in [-0.05, 0) is 34.1 Å². The predicted molar refractivity (Wildman–Crippen MR) is 91.6 cm³/mol. The highest BCUT2D eigenvalue weighted by molar-refractivity contribution is 9.10. The van der Waals surface area contributed by atoms with E-state index in [2.05, 4.69) is 26.2 Å². The van der Waals surface area contributed by atoms with Crippen molar-refractivity contribution < 1.29 is 23.8 Å².